The maximum atomic E-state index is 13.6. The van der Waals surface area contributed by atoms with E-state index in [0.717, 1.165) is 4.47 Å². The van der Waals surface area contributed by atoms with Crippen LogP contribution in [0, 0.1) is 5.82 Å². The highest BCUT2D eigenvalue weighted by Crippen LogP contribution is 2.25. The molecule has 0 fully saturated rings. The molecule has 0 unspecified atom stereocenters. The van der Waals surface area contributed by atoms with Gasteiger partial charge in [0.05, 0.1) is 7.11 Å². The smallest absolute Gasteiger partial charge is 0.242 e. The molecule has 3 N–H and O–H groups in total. The molecule has 2 aromatic rings. The lowest BCUT2D eigenvalue weighted by Crippen LogP contribution is -2.07. The molecule has 19 heavy (non-hydrogen) atoms. The van der Waals surface area contributed by atoms with E-state index in [1.54, 1.807) is 12.1 Å². The van der Waals surface area contributed by atoms with Crippen LogP contribution in [-0.4, -0.2) is 17.1 Å². The Kier molecular flexibility index (Phi) is 4.16. The highest BCUT2D eigenvalue weighted by atomic mass is 79.9. The third kappa shape index (κ3) is 3.11. The summed E-state index contributed by atoms with van der Waals surface area (Å²) in [4.78, 5) is 7.86. The third-order valence-electron chi connectivity index (χ3n) is 2.49. The van der Waals surface area contributed by atoms with Crippen LogP contribution in [0.1, 0.15) is 5.56 Å². The molecule has 0 saturated heterocycles. The number of nitrogens with zero attached hydrogens (tertiary/aromatic N) is 2. The van der Waals surface area contributed by atoms with Crippen LogP contribution in [0.25, 0.3) is 0 Å². The van der Waals surface area contributed by atoms with Gasteiger partial charge in [-0.1, -0.05) is 15.9 Å². The number of methoxy groups -OCH3 is 1. The van der Waals surface area contributed by atoms with Gasteiger partial charge in [-0.15, -0.1) is 0 Å². The predicted octanol–water partition coefficient (Wildman–Crippen LogP) is 2.58. The Morgan fingerprint density at radius 2 is 2.21 bits per heavy atom. The van der Waals surface area contributed by atoms with Crippen molar-refractivity contribution in [2.75, 3.05) is 18.2 Å². The quantitative estimate of drug-likeness (QED) is 0.903. The fourth-order valence-electron chi connectivity index (χ4n) is 1.54. The topological polar surface area (TPSA) is 73.1 Å². The van der Waals surface area contributed by atoms with E-state index in [1.807, 2.05) is 0 Å². The number of aromatic nitrogens is 2. The fraction of sp³-hybridized carbons (Fsp3) is 0.167. The number of anilines is 2. The first-order chi connectivity index (χ1) is 9.11. The zero-order chi connectivity index (χ0) is 13.8. The van der Waals surface area contributed by atoms with Gasteiger partial charge in [-0.2, -0.15) is 4.98 Å². The van der Waals surface area contributed by atoms with Gasteiger partial charge in [-0.05, 0) is 18.2 Å². The minimum Gasteiger partial charge on any atom is -0.479 e. The molecule has 100 valence electrons. The van der Waals surface area contributed by atoms with Crippen molar-refractivity contribution in [1.82, 2.24) is 9.97 Å². The van der Waals surface area contributed by atoms with Crippen molar-refractivity contribution < 1.29 is 9.13 Å². The Morgan fingerprint density at radius 1 is 1.42 bits per heavy atom. The number of hydrogen-bond acceptors (Lipinski definition) is 5. The zero-order valence-corrected chi connectivity index (χ0v) is 11.7. The molecule has 0 aliphatic carbocycles. The molecule has 0 amide bonds. The maximum absolute atomic E-state index is 13.6. The summed E-state index contributed by atoms with van der Waals surface area (Å²) in [6, 6.07) is 4.73. The van der Waals surface area contributed by atoms with Gasteiger partial charge in [0.15, 0.2) is 5.82 Å². The van der Waals surface area contributed by atoms with E-state index in [1.165, 1.54) is 19.5 Å². The SMILES string of the molecule is COc1ncnc(NCc2cc(Br)ccc2F)c1N. The maximum Gasteiger partial charge on any atom is 0.242 e. The molecular weight excluding hydrogens is 315 g/mol. The van der Waals surface area contributed by atoms with Crippen molar-refractivity contribution in [3.05, 3.63) is 40.4 Å². The van der Waals surface area contributed by atoms with Gasteiger partial charge in [0, 0.05) is 16.6 Å². The molecule has 0 aliphatic rings. The highest BCUT2D eigenvalue weighted by molar-refractivity contribution is 9.10. The van der Waals surface area contributed by atoms with E-state index in [2.05, 4.69) is 31.2 Å². The molecular formula is C12H12BrFN4O. The number of ether oxygens (including phenoxy) is 1. The second kappa shape index (κ2) is 5.83. The summed E-state index contributed by atoms with van der Waals surface area (Å²) >= 11 is 3.30. The molecule has 0 atom stereocenters. The first-order valence-corrected chi connectivity index (χ1v) is 6.23. The van der Waals surface area contributed by atoms with Gasteiger partial charge < -0.3 is 15.8 Å². The van der Waals surface area contributed by atoms with Gasteiger partial charge in [0.25, 0.3) is 0 Å². The van der Waals surface area contributed by atoms with Crippen LogP contribution >= 0.6 is 15.9 Å². The van der Waals surface area contributed by atoms with Crippen molar-refractivity contribution in [2.45, 2.75) is 6.54 Å². The van der Waals surface area contributed by atoms with E-state index in [-0.39, 0.29) is 18.2 Å². The Labute approximate surface area is 118 Å². The lowest BCUT2D eigenvalue weighted by atomic mass is 10.2. The normalized spacial score (nSPS) is 10.3. The summed E-state index contributed by atoms with van der Waals surface area (Å²) in [5.74, 6) is 0.397. The molecule has 5 nitrogen and oxygen atoms in total. The van der Waals surface area contributed by atoms with Crippen molar-refractivity contribution in [3.8, 4) is 5.88 Å². The summed E-state index contributed by atoms with van der Waals surface area (Å²) in [6.07, 6.45) is 1.33. The summed E-state index contributed by atoms with van der Waals surface area (Å²) in [7, 11) is 1.47. The molecule has 0 radical (unpaired) electrons. The average molecular weight is 327 g/mol. The molecule has 2 rings (SSSR count). The van der Waals surface area contributed by atoms with Gasteiger partial charge in [-0.3, -0.25) is 0 Å². The first kappa shape index (κ1) is 13.5. The zero-order valence-electron chi connectivity index (χ0n) is 10.2. The van der Waals surface area contributed by atoms with E-state index >= 15 is 0 Å². The van der Waals surface area contributed by atoms with Crippen LogP contribution in [0.2, 0.25) is 0 Å². The summed E-state index contributed by atoms with van der Waals surface area (Å²) in [6.45, 7) is 0.260. The number of halogens is 2. The van der Waals surface area contributed by atoms with Crippen LogP contribution < -0.4 is 15.8 Å². The number of nitrogens with two attached hydrogens (primary N) is 1. The minimum absolute atomic E-state index is 0.260. The van der Waals surface area contributed by atoms with Crippen LogP contribution in [0.5, 0.6) is 5.88 Å². The second-order valence-corrected chi connectivity index (χ2v) is 4.65. The number of rotatable bonds is 4. The summed E-state index contributed by atoms with van der Waals surface area (Å²) in [5, 5.41) is 2.96. The number of benzene rings is 1. The molecule has 0 spiro atoms. The van der Waals surface area contributed by atoms with Crippen molar-refractivity contribution in [3.63, 3.8) is 0 Å². The largest absolute Gasteiger partial charge is 0.479 e. The molecule has 1 aromatic carbocycles. The minimum atomic E-state index is -0.296. The summed E-state index contributed by atoms with van der Waals surface area (Å²) < 4.78 is 19.4. The average Bonchev–Trinajstić information content (AvgIpc) is 2.41. The summed E-state index contributed by atoms with van der Waals surface area (Å²) in [5.41, 5.74) is 6.61. The molecule has 1 aromatic heterocycles. The highest BCUT2D eigenvalue weighted by Gasteiger charge is 2.09. The van der Waals surface area contributed by atoms with Crippen molar-refractivity contribution >= 4 is 27.4 Å². The lowest BCUT2D eigenvalue weighted by molar-refractivity contribution is 0.399. The fourth-order valence-corrected chi connectivity index (χ4v) is 1.95. The van der Waals surface area contributed by atoms with E-state index in [4.69, 9.17) is 10.5 Å². The van der Waals surface area contributed by atoms with Crippen LogP contribution in [0.4, 0.5) is 15.9 Å². The van der Waals surface area contributed by atoms with Gasteiger partial charge >= 0.3 is 0 Å². The molecule has 0 bridgehead atoms. The number of nitrogens with one attached hydrogen (secondary N) is 1. The molecule has 0 saturated carbocycles. The van der Waals surface area contributed by atoms with Crippen LogP contribution in [-0.2, 0) is 6.54 Å². The lowest BCUT2D eigenvalue weighted by Gasteiger charge is -2.10. The predicted molar refractivity (Wildman–Crippen MR) is 74.4 cm³/mol. The van der Waals surface area contributed by atoms with Crippen LogP contribution in [0.3, 0.4) is 0 Å². The Hall–Kier alpha value is -1.89. The number of nitrogen functional groups attached to an aromatic ring is 1. The van der Waals surface area contributed by atoms with Crippen LogP contribution in [0.15, 0.2) is 29.0 Å². The number of hydrogen-bond donors (Lipinski definition) is 2. The van der Waals surface area contributed by atoms with E-state index in [9.17, 15) is 4.39 Å². The Bertz CT molecular complexity index is 594. The van der Waals surface area contributed by atoms with Crippen molar-refractivity contribution in [2.24, 2.45) is 0 Å². The van der Waals surface area contributed by atoms with E-state index in [0.29, 0.717) is 17.1 Å². The van der Waals surface area contributed by atoms with Crippen molar-refractivity contribution in [1.29, 1.82) is 0 Å². The standard InChI is InChI=1S/C12H12BrFN4O/c1-19-12-10(15)11(17-6-18-12)16-5-7-4-8(13)2-3-9(7)14/h2-4,6H,5,15H2,1H3,(H,16,17,18). The molecule has 1 heterocycles. The molecule has 0 aliphatic heterocycles. The Balaban J connectivity index is 2.17. The monoisotopic (exact) mass is 326 g/mol. The third-order valence-corrected chi connectivity index (χ3v) is 2.99. The van der Waals surface area contributed by atoms with Gasteiger partial charge in [0.2, 0.25) is 5.88 Å². The Morgan fingerprint density at radius 3 is 2.95 bits per heavy atom. The van der Waals surface area contributed by atoms with E-state index < -0.39 is 0 Å². The van der Waals surface area contributed by atoms with Gasteiger partial charge in [-0.25, -0.2) is 9.37 Å². The molecule has 7 heteroatoms. The van der Waals surface area contributed by atoms with Gasteiger partial charge in [0.1, 0.15) is 17.8 Å². The first-order valence-electron chi connectivity index (χ1n) is 5.44. The second-order valence-electron chi connectivity index (χ2n) is 3.73.